The van der Waals surface area contributed by atoms with Crippen LogP contribution in [0.1, 0.15) is 0 Å². The topological polar surface area (TPSA) is 48.7 Å². The molecule has 0 saturated carbocycles. The van der Waals surface area contributed by atoms with E-state index < -0.39 is 0 Å². The van der Waals surface area contributed by atoms with Crippen LogP contribution in [0.15, 0.2) is 75.9 Å². The standard InChI is InChI=1S/C23H16O4/c1-25-13-26-17-8-6-15-11-19-21(12-16(15)10-17)27-20-9-7-14-4-2-3-5-18(14)22(20)23(19)24/h2-12H,13H2,1H3. The summed E-state index contributed by atoms with van der Waals surface area (Å²) >= 11 is 0. The second-order valence-corrected chi connectivity index (χ2v) is 6.50. The van der Waals surface area contributed by atoms with E-state index in [0.717, 1.165) is 21.5 Å². The van der Waals surface area contributed by atoms with E-state index in [4.69, 9.17) is 13.9 Å². The van der Waals surface area contributed by atoms with Crippen molar-refractivity contribution in [1.29, 1.82) is 0 Å². The smallest absolute Gasteiger partial charge is 0.201 e. The second-order valence-electron chi connectivity index (χ2n) is 6.50. The van der Waals surface area contributed by atoms with Crippen molar-refractivity contribution in [3.8, 4) is 5.75 Å². The molecule has 5 aromatic rings. The van der Waals surface area contributed by atoms with Gasteiger partial charge in [0.15, 0.2) is 6.79 Å². The molecule has 0 atom stereocenters. The number of rotatable bonds is 3. The molecule has 5 rings (SSSR count). The van der Waals surface area contributed by atoms with Gasteiger partial charge in [-0.15, -0.1) is 0 Å². The Hall–Kier alpha value is -3.37. The van der Waals surface area contributed by atoms with Gasteiger partial charge in [0.2, 0.25) is 5.43 Å². The third-order valence-corrected chi connectivity index (χ3v) is 4.84. The minimum Gasteiger partial charge on any atom is -0.468 e. The summed E-state index contributed by atoms with van der Waals surface area (Å²) in [4.78, 5) is 13.3. The van der Waals surface area contributed by atoms with Gasteiger partial charge in [-0.05, 0) is 51.9 Å². The molecule has 4 aromatic carbocycles. The van der Waals surface area contributed by atoms with E-state index in [2.05, 4.69) is 0 Å². The molecule has 4 nitrogen and oxygen atoms in total. The summed E-state index contributed by atoms with van der Waals surface area (Å²) in [6.45, 7) is 0.186. The number of methoxy groups -OCH3 is 1. The Morgan fingerprint density at radius 1 is 0.815 bits per heavy atom. The van der Waals surface area contributed by atoms with Gasteiger partial charge in [-0.25, -0.2) is 0 Å². The normalized spacial score (nSPS) is 11.6. The van der Waals surface area contributed by atoms with Crippen molar-refractivity contribution in [2.24, 2.45) is 0 Å². The Bertz CT molecular complexity index is 1380. The molecular weight excluding hydrogens is 340 g/mol. The molecule has 1 aromatic heterocycles. The van der Waals surface area contributed by atoms with Crippen LogP contribution in [-0.2, 0) is 4.74 Å². The summed E-state index contributed by atoms with van der Waals surface area (Å²) < 4.78 is 16.5. The van der Waals surface area contributed by atoms with E-state index in [1.165, 1.54) is 0 Å². The Morgan fingerprint density at radius 2 is 1.67 bits per heavy atom. The zero-order valence-electron chi connectivity index (χ0n) is 14.7. The Kier molecular flexibility index (Phi) is 3.59. The Balaban J connectivity index is 1.82. The highest BCUT2D eigenvalue weighted by atomic mass is 16.7. The largest absolute Gasteiger partial charge is 0.468 e. The molecule has 0 amide bonds. The van der Waals surface area contributed by atoms with Gasteiger partial charge in [-0.2, -0.15) is 0 Å². The molecule has 0 aliphatic heterocycles. The molecule has 132 valence electrons. The first-order valence-electron chi connectivity index (χ1n) is 8.68. The van der Waals surface area contributed by atoms with E-state index >= 15 is 0 Å². The predicted octanol–water partition coefficient (Wildman–Crippen LogP) is 5.24. The molecule has 4 heteroatoms. The Morgan fingerprint density at radius 3 is 2.56 bits per heavy atom. The minimum absolute atomic E-state index is 0.00957. The highest BCUT2D eigenvalue weighted by Crippen LogP contribution is 2.29. The molecule has 0 unspecified atom stereocenters. The van der Waals surface area contributed by atoms with Crippen molar-refractivity contribution in [1.82, 2.24) is 0 Å². The summed E-state index contributed by atoms with van der Waals surface area (Å²) in [6.07, 6.45) is 0. The van der Waals surface area contributed by atoms with Crippen LogP contribution in [0, 0.1) is 0 Å². The minimum atomic E-state index is -0.00957. The van der Waals surface area contributed by atoms with Crippen LogP contribution in [0.5, 0.6) is 5.75 Å². The van der Waals surface area contributed by atoms with Crippen LogP contribution in [0.25, 0.3) is 43.5 Å². The van der Waals surface area contributed by atoms with Crippen LogP contribution in [0.3, 0.4) is 0 Å². The summed E-state index contributed by atoms with van der Waals surface area (Å²) in [7, 11) is 1.58. The monoisotopic (exact) mass is 356 g/mol. The average molecular weight is 356 g/mol. The molecule has 0 N–H and O–H groups in total. The van der Waals surface area contributed by atoms with Crippen molar-refractivity contribution >= 4 is 43.5 Å². The highest BCUT2D eigenvalue weighted by Gasteiger charge is 2.12. The number of fused-ring (bicyclic) bond motifs is 5. The van der Waals surface area contributed by atoms with Crippen LogP contribution in [-0.4, -0.2) is 13.9 Å². The average Bonchev–Trinajstić information content (AvgIpc) is 2.70. The molecular formula is C23H16O4. The summed E-state index contributed by atoms with van der Waals surface area (Å²) in [6, 6.07) is 21.2. The fourth-order valence-electron chi connectivity index (χ4n) is 3.56. The van der Waals surface area contributed by atoms with Crippen molar-refractivity contribution in [2.75, 3.05) is 13.9 Å². The zero-order valence-corrected chi connectivity index (χ0v) is 14.7. The van der Waals surface area contributed by atoms with E-state index in [-0.39, 0.29) is 12.2 Å². The molecule has 27 heavy (non-hydrogen) atoms. The first-order valence-corrected chi connectivity index (χ1v) is 8.68. The van der Waals surface area contributed by atoms with Gasteiger partial charge in [0.1, 0.15) is 16.9 Å². The Labute approximate surface area is 154 Å². The number of hydrogen-bond donors (Lipinski definition) is 0. The van der Waals surface area contributed by atoms with Gasteiger partial charge in [-0.3, -0.25) is 4.79 Å². The molecule has 1 heterocycles. The maximum atomic E-state index is 13.3. The fourth-order valence-corrected chi connectivity index (χ4v) is 3.56. The van der Waals surface area contributed by atoms with Gasteiger partial charge in [0.25, 0.3) is 0 Å². The summed E-state index contributed by atoms with van der Waals surface area (Å²) in [5, 5.41) is 5.04. The third kappa shape index (κ3) is 2.54. The van der Waals surface area contributed by atoms with Crippen LogP contribution >= 0.6 is 0 Å². The second kappa shape index (κ2) is 6.11. The van der Waals surface area contributed by atoms with Crippen molar-refractivity contribution in [3.05, 3.63) is 77.0 Å². The maximum Gasteiger partial charge on any atom is 0.201 e. The number of ether oxygens (including phenoxy) is 2. The van der Waals surface area contributed by atoms with E-state index in [1.807, 2.05) is 66.7 Å². The highest BCUT2D eigenvalue weighted by molar-refractivity contribution is 6.09. The maximum absolute atomic E-state index is 13.3. The third-order valence-electron chi connectivity index (χ3n) is 4.84. The lowest BCUT2D eigenvalue weighted by Gasteiger charge is -2.08. The molecule has 0 saturated heterocycles. The van der Waals surface area contributed by atoms with E-state index in [1.54, 1.807) is 7.11 Å². The van der Waals surface area contributed by atoms with E-state index in [0.29, 0.717) is 27.7 Å². The first-order chi connectivity index (χ1) is 13.2. The molecule has 0 spiro atoms. The van der Waals surface area contributed by atoms with Gasteiger partial charge in [0, 0.05) is 7.11 Å². The first kappa shape index (κ1) is 15.9. The van der Waals surface area contributed by atoms with Gasteiger partial charge in [-0.1, -0.05) is 36.4 Å². The van der Waals surface area contributed by atoms with Crippen molar-refractivity contribution in [3.63, 3.8) is 0 Å². The number of benzene rings is 4. The lowest BCUT2D eigenvalue weighted by molar-refractivity contribution is 0.0512. The SMILES string of the molecule is COCOc1ccc2cc3c(=O)c4c(ccc5ccccc54)oc3cc2c1. The zero-order chi connectivity index (χ0) is 18.4. The quantitative estimate of drug-likeness (QED) is 0.252. The predicted molar refractivity (Wildman–Crippen MR) is 108 cm³/mol. The van der Waals surface area contributed by atoms with Gasteiger partial charge in [0.05, 0.1) is 10.8 Å². The van der Waals surface area contributed by atoms with Gasteiger partial charge < -0.3 is 13.9 Å². The fraction of sp³-hybridized carbons (Fsp3) is 0.0870. The molecule has 0 fully saturated rings. The van der Waals surface area contributed by atoms with Crippen molar-refractivity contribution in [2.45, 2.75) is 0 Å². The molecule has 0 aliphatic carbocycles. The van der Waals surface area contributed by atoms with Gasteiger partial charge >= 0.3 is 0 Å². The van der Waals surface area contributed by atoms with Crippen LogP contribution in [0.2, 0.25) is 0 Å². The lowest BCUT2D eigenvalue weighted by atomic mass is 10.0. The molecule has 0 aliphatic rings. The lowest BCUT2D eigenvalue weighted by Crippen LogP contribution is -2.03. The van der Waals surface area contributed by atoms with Crippen LogP contribution in [0.4, 0.5) is 0 Å². The van der Waals surface area contributed by atoms with Crippen molar-refractivity contribution < 1.29 is 13.9 Å². The summed E-state index contributed by atoms with van der Waals surface area (Å²) in [5.74, 6) is 0.706. The number of hydrogen-bond acceptors (Lipinski definition) is 4. The van der Waals surface area contributed by atoms with Crippen LogP contribution < -0.4 is 10.2 Å². The molecule has 0 bridgehead atoms. The summed E-state index contributed by atoms with van der Waals surface area (Å²) in [5.41, 5.74) is 1.15. The molecule has 0 radical (unpaired) electrons. The van der Waals surface area contributed by atoms with E-state index in [9.17, 15) is 4.79 Å².